The summed E-state index contributed by atoms with van der Waals surface area (Å²) in [4.78, 5) is 20.1. The van der Waals surface area contributed by atoms with Crippen molar-refractivity contribution in [1.82, 2.24) is 19.8 Å². The first-order valence-corrected chi connectivity index (χ1v) is 14.8. The minimum Gasteiger partial charge on any atom is -0.352 e. The minimum atomic E-state index is -0.146. The number of fused-ring (bicyclic) bond motifs is 1. The summed E-state index contributed by atoms with van der Waals surface area (Å²) in [5, 5.41) is 9.42. The van der Waals surface area contributed by atoms with E-state index in [2.05, 4.69) is 84.2 Å². The number of anilines is 1. The Bertz CT molecular complexity index is 1790. The van der Waals surface area contributed by atoms with Crippen molar-refractivity contribution in [3.63, 3.8) is 0 Å². The van der Waals surface area contributed by atoms with Gasteiger partial charge in [-0.15, -0.1) is 0 Å². The first-order valence-electron chi connectivity index (χ1n) is 14.3. The average Bonchev–Trinajstić information content (AvgIpc) is 3.48. The third-order valence-electron chi connectivity index (χ3n) is 8.45. The van der Waals surface area contributed by atoms with E-state index < -0.39 is 0 Å². The molecular weight excluding hydrogens is 538 g/mol. The normalized spacial score (nSPS) is 16.6. The molecule has 5 aromatic rings. The van der Waals surface area contributed by atoms with E-state index in [-0.39, 0.29) is 18.0 Å². The third kappa shape index (κ3) is 5.05. The molecule has 42 heavy (non-hydrogen) atoms. The van der Waals surface area contributed by atoms with Gasteiger partial charge in [-0.25, -0.2) is 0 Å². The van der Waals surface area contributed by atoms with E-state index in [0.29, 0.717) is 18.1 Å². The zero-order valence-corrected chi connectivity index (χ0v) is 25.2. The summed E-state index contributed by atoms with van der Waals surface area (Å²) in [7, 11) is 0. The first-order chi connectivity index (χ1) is 20.3. The number of nitrogens with zero attached hydrogens (tertiary/aromatic N) is 3. The fourth-order valence-electron chi connectivity index (χ4n) is 6.19. The fourth-order valence-corrected chi connectivity index (χ4v) is 6.52. The van der Waals surface area contributed by atoms with Crippen molar-refractivity contribution in [3.05, 3.63) is 125 Å². The van der Waals surface area contributed by atoms with Gasteiger partial charge in [-0.1, -0.05) is 54.6 Å². The van der Waals surface area contributed by atoms with Gasteiger partial charge < -0.3 is 20.1 Å². The molecule has 0 radical (unpaired) electrons. The Morgan fingerprint density at radius 3 is 2.52 bits per heavy atom. The molecule has 2 aromatic heterocycles. The lowest BCUT2D eigenvalue weighted by Crippen LogP contribution is -2.33. The number of pyridine rings is 1. The van der Waals surface area contributed by atoms with Gasteiger partial charge in [0.15, 0.2) is 5.11 Å². The summed E-state index contributed by atoms with van der Waals surface area (Å²) in [6, 6.07) is 28.4. The smallest absolute Gasteiger partial charge is 0.226 e. The number of carbonyl (C=O) groups excluding carboxylic acids is 1. The summed E-state index contributed by atoms with van der Waals surface area (Å²) in [5.41, 5.74) is 8.92. The molecule has 0 spiro atoms. The molecule has 1 aliphatic heterocycles. The molecule has 2 N–H and O–H groups in total. The second kappa shape index (κ2) is 11.4. The number of carbonyl (C=O) groups is 1. The van der Waals surface area contributed by atoms with Gasteiger partial charge in [0.2, 0.25) is 5.91 Å². The summed E-state index contributed by atoms with van der Waals surface area (Å²) in [6.45, 7) is 9.12. The number of nitrogens with one attached hydrogen (secondary N) is 2. The Hall–Kier alpha value is -4.49. The maximum absolute atomic E-state index is 13.3. The van der Waals surface area contributed by atoms with Gasteiger partial charge in [0.05, 0.1) is 17.8 Å². The number of hydrogen-bond donors (Lipinski definition) is 2. The molecule has 0 bridgehead atoms. The molecule has 6 rings (SSSR count). The lowest BCUT2D eigenvalue weighted by Gasteiger charge is -2.28. The molecule has 212 valence electrons. The van der Waals surface area contributed by atoms with E-state index in [1.807, 2.05) is 54.7 Å². The van der Waals surface area contributed by atoms with Crippen LogP contribution in [0.3, 0.4) is 0 Å². The molecule has 1 amide bonds. The zero-order valence-electron chi connectivity index (χ0n) is 24.4. The van der Waals surface area contributed by atoms with Crippen LogP contribution in [0.5, 0.6) is 0 Å². The number of rotatable bonds is 7. The number of thiocarbonyl (C=S) groups is 1. The molecule has 3 aromatic carbocycles. The van der Waals surface area contributed by atoms with Gasteiger partial charge >= 0.3 is 0 Å². The van der Waals surface area contributed by atoms with Gasteiger partial charge in [0.1, 0.15) is 0 Å². The second-order valence-electron chi connectivity index (χ2n) is 11.0. The predicted molar refractivity (Wildman–Crippen MR) is 174 cm³/mol. The van der Waals surface area contributed by atoms with E-state index in [4.69, 9.17) is 17.2 Å². The van der Waals surface area contributed by atoms with Gasteiger partial charge in [-0.2, -0.15) is 0 Å². The van der Waals surface area contributed by atoms with Crippen LogP contribution in [0.15, 0.2) is 91.1 Å². The summed E-state index contributed by atoms with van der Waals surface area (Å²) < 4.78 is 2.33. The Balaban J connectivity index is 1.33. The van der Waals surface area contributed by atoms with Crippen molar-refractivity contribution in [2.45, 2.75) is 46.2 Å². The van der Waals surface area contributed by atoms with E-state index in [1.165, 1.54) is 22.4 Å². The monoisotopic (exact) mass is 573 g/mol. The molecule has 6 nitrogen and oxygen atoms in total. The Morgan fingerprint density at radius 2 is 1.71 bits per heavy atom. The fraction of sp³-hybridized carbons (Fsp3) is 0.229. The summed E-state index contributed by atoms with van der Waals surface area (Å²) in [6.07, 6.45) is 2.11. The van der Waals surface area contributed by atoms with Crippen LogP contribution in [0.4, 0.5) is 5.69 Å². The molecule has 2 atom stereocenters. The maximum Gasteiger partial charge on any atom is 0.226 e. The first kappa shape index (κ1) is 27.7. The van der Waals surface area contributed by atoms with E-state index >= 15 is 0 Å². The number of benzene rings is 3. The topological polar surface area (TPSA) is 62.2 Å². The van der Waals surface area contributed by atoms with Crippen molar-refractivity contribution >= 4 is 39.7 Å². The highest BCUT2D eigenvalue weighted by molar-refractivity contribution is 7.80. The molecule has 0 aliphatic carbocycles. The highest BCUT2D eigenvalue weighted by atomic mass is 32.1. The van der Waals surface area contributed by atoms with Crippen LogP contribution in [-0.4, -0.2) is 32.0 Å². The van der Waals surface area contributed by atoms with Crippen molar-refractivity contribution < 1.29 is 4.79 Å². The lowest BCUT2D eigenvalue weighted by atomic mass is 9.96. The largest absolute Gasteiger partial charge is 0.352 e. The molecule has 1 fully saturated rings. The standard InChI is InChI=1S/C35H35N5OS/c1-22-11-9-17-31(24(22)3)40-23(2)21-28(25(40)4)34-33(30-15-7-8-19-36-30)38-35(42)39(34)20-18-32(41)37-29-16-10-13-26-12-5-6-14-27(26)29/h5-17,19,21,33-34H,18,20H2,1-4H3,(H,37,41)(H,38,42)/t33-,34+/m0/s1. The van der Waals surface area contributed by atoms with Crippen molar-refractivity contribution in [2.24, 2.45) is 0 Å². The van der Waals surface area contributed by atoms with Gasteiger partial charge in [-0.05, 0) is 92.3 Å². The molecule has 1 saturated heterocycles. The summed E-state index contributed by atoms with van der Waals surface area (Å²) >= 11 is 5.90. The van der Waals surface area contributed by atoms with E-state index in [1.54, 1.807) is 0 Å². The van der Waals surface area contributed by atoms with Crippen molar-refractivity contribution in [2.75, 3.05) is 11.9 Å². The number of amides is 1. The van der Waals surface area contributed by atoms with Crippen LogP contribution in [0, 0.1) is 27.7 Å². The Labute approximate surface area is 252 Å². The van der Waals surface area contributed by atoms with Crippen molar-refractivity contribution in [3.8, 4) is 5.69 Å². The minimum absolute atomic E-state index is 0.0463. The second-order valence-corrected chi connectivity index (χ2v) is 11.4. The number of aryl methyl sites for hydroxylation is 2. The van der Waals surface area contributed by atoms with Gasteiger partial charge in [-0.3, -0.25) is 9.78 Å². The number of aromatic nitrogens is 2. The third-order valence-corrected chi connectivity index (χ3v) is 8.80. The van der Waals surface area contributed by atoms with Crippen LogP contribution in [-0.2, 0) is 4.79 Å². The van der Waals surface area contributed by atoms with Crippen LogP contribution in [0.2, 0.25) is 0 Å². The van der Waals surface area contributed by atoms with Crippen LogP contribution < -0.4 is 10.6 Å². The quantitative estimate of drug-likeness (QED) is 0.201. The molecule has 3 heterocycles. The van der Waals surface area contributed by atoms with Gasteiger partial charge in [0.25, 0.3) is 0 Å². The van der Waals surface area contributed by atoms with Crippen LogP contribution >= 0.6 is 12.2 Å². The average molecular weight is 574 g/mol. The van der Waals surface area contributed by atoms with Gasteiger partial charge in [0, 0.05) is 47.3 Å². The van der Waals surface area contributed by atoms with Crippen LogP contribution in [0.1, 0.15) is 52.3 Å². The van der Waals surface area contributed by atoms with Crippen LogP contribution in [0.25, 0.3) is 16.5 Å². The molecule has 7 heteroatoms. The molecule has 1 aliphatic rings. The Morgan fingerprint density at radius 1 is 0.952 bits per heavy atom. The van der Waals surface area contributed by atoms with Crippen molar-refractivity contribution in [1.29, 1.82) is 0 Å². The predicted octanol–water partition coefficient (Wildman–Crippen LogP) is 7.26. The highest BCUT2D eigenvalue weighted by Gasteiger charge is 2.41. The van der Waals surface area contributed by atoms with E-state index in [0.717, 1.165) is 33.5 Å². The molecular formula is C35H35N5OS. The maximum atomic E-state index is 13.3. The molecule has 0 unspecified atom stereocenters. The molecule has 0 saturated carbocycles. The highest BCUT2D eigenvalue weighted by Crippen LogP contribution is 2.41. The summed E-state index contributed by atoms with van der Waals surface area (Å²) in [5.74, 6) is -0.0463. The zero-order chi connectivity index (χ0) is 29.4. The SMILES string of the molecule is Cc1cccc(-n2c(C)cc([C@@H]3[C@H](c4ccccn4)NC(=S)N3CCC(=O)Nc3cccc4ccccc34)c2C)c1C. The van der Waals surface area contributed by atoms with E-state index in [9.17, 15) is 4.79 Å². The number of hydrogen-bond acceptors (Lipinski definition) is 3. The lowest BCUT2D eigenvalue weighted by molar-refractivity contribution is -0.116. The Kier molecular flexibility index (Phi) is 7.52.